The maximum atomic E-state index is 12.8. The number of aromatic nitrogens is 1. The van der Waals surface area contributed by atoms with E-state index in [9.17, 15) is 4.39 Å². The lowest BCUT2D eigenvalue weighted by atomic mass is 10.3. The molecule has 5 heteroatoms. The summed E-state index contributed by atoms with van der Waals surface area (Å²) in [6, 6.07) is 5.71. The maximum Gasteiger partial charge on any atom is 0.215 e. The number of oxazole rings is 1. The van der Waals surface area contributed by atoms with Crippen LogP contribution in [0.15, 0.2) is 28.7 Å². The Morgan fingerprint density at radius 2 is 2.00 bits per heavy atom. The van der Waals surface area contributed by atoms with Gasteiger partial charge in [-0.2, -0.15) is 5.26 Å². The van der Waals surface area contributed by atoms with Crippen LogP contribution in [-0.2, 0) is 6.54 Å². The van der Waals surface area contributed by atoms with Crippen LogP contribution in [0.4, 0.5) is 10.1 Å². The van der Waals surface area contributed by atoms with Gasteiger partial charge in [0.2, 0.25) is 5.89 Å². The van der Waals surface area contributed by atoms with Crippen molar-refractivity contribution in [2.75, 3.05) is 4.90 Å². The lowest BCUT2D eigenvalue weighted by Gasteiger charge is -2.13. The molecule has 0 atom stereocenters. The van der Waals surface area contributed by atoms with Crippen LogP contribution in [0.3, 0.4) is 0 Å². The topological polar surface area (TPSA) is 53.1 Å². The number of anilines is 1. The summed E-state index contributed by atoms with van der Waals surface area (Å²) >= 11 is 0. The van der Waals surface area contributed by atoms with Crippen LogP contribution < -0.4 is 4.90 Å². The van der Waals surface area contributed by atoms with Crippen molar-refractivity contribution in [1.29, 1.82) is 5.26 Å². The van der Waals surface area contributed by atoms with E-state index < -0.39 is 0 Å². The Morgan fingerprint density at radius 3 is 2.50 bits per heavy atom. The molecule has 0 aliphatic heterocycles. The van der Waals surface area contributed by atoms with Crippen molar-refractivity contribution in [3.63, 3.8) is 0 Å². The zero-order chi connectivity index (χ0) is 13.1. The van der Waals surface area contributed by atoms with E-state index in [1.165, 1.54) is 17.0 Å². The smallest absolute Gasteiger partial charge is 0.215 e. The Kier molecular flexibility index (Phi) is 3.28. The van der Waals surface area contributed by atoms with Crippen molar-refractivity contribution >= 4 is 5.69 Å². The van der Waals surface area contributed by atoms with E-state index in [0.717, 1.165) is 11.5 Å². The molecule has 1 aromatic heterocycles. The molecule has 0 spiro atoms. The highest BCUT2D eigenvalue weighted by Gasteiger charge is 2.12. The zero-order valence-corrected chi connectivity index (χ0v) is 10.1. The third-order valence-electron chi connectivity index (χ3n) is 2.63. The third-order valence-corrected chi connectivity index (χ3v) is 2.63. The van der Waals surface area contributed by atoms with Gasteiger partial charge in [0.25, 0.3) is 0 Å². The predicted octanol–water partition coefficient (Wildman–Crippen LogP) is 2.92. The average molecular weight is 245 g/mol. The van der Waals surface area contributed by atoms with Gasteiger partial charge >= 0.3 is 0 Å². The number of nitrogens with zero attached hydrogens (tertiary/aromatic N) is 3. The second-order valence-electron chi connectivity index (χ2n) is 3.91. The molecule has 0 aliphatic rings. The summed E-state index contributed by atoms with van der Waals surface area (Å²) in [5.74, 6) is 0.873. The van der Waals surface area contributed by atoms with Crippen LogP contribution in [0.1, 0.15) is 17.3 Å². The number of halogens is 1. The minimum absolute atomic E-state index is 0.233. The van der Waals surface area contributed by atoms with Crippen molar-refractivity contribution in [3.8, 4) is 6.19 Å². The van der Waals surface area contributed by atoms with Crippen molar-refractivity contribution in [2.24, 2.45) is 0 Å². The van der Waals surface area contributed by atoms with Gasteiger partial charge in [0, 0.05) is 0 Å². The molecule has 0 bridgehead atoms. The minimum atomic E-state index is -0.334. The van der Waals surface area contributed by atoms with Gasteiger partial charge in [-0.25, -0.2) is 9.37 Å². The number of hydrogen-bond donors (Lipinski definition) is 0. The molecule has 2 rings (SSSR count). The lowest BCUT2D eigenvalue weighted by molar-refractivity contribution is 0.471. The molecule has 0 saturated carbocycles. The van der Waals surface area contributed by atoms with Gasteiger partial charge in [-0.3, -0.25) is 4.90 Å². The first-order valence-electron chi connectivity index (χ1n) is 5.46. The van der Waals surface area contributed by atoms with Gasteiger partial charge in [0.1, 0.15) is 18.1 Å². The van der Waals surface area contributed by atoms with E-state index in [-0.39, 0.29) is 12.4 Å². The van der Waals surface area contributed by atoms with Gasteiger partial charge in [-0.05, 0) is 38.1 Å². The molecule has 18 heavy (non-hydrogen) atoms. The number of nitriles is 1. The standard InChI is InChI=1S/C13H12FN3O/c1-9-10(2)18-13(16-9)7-17(8-15)12-5-3-11(14)4-6-12/h3-6H,7H2,1-2H3. The SMILES string of the molecule is Cc1nc(CN(C#N)c2ccc(F)cc2)oc1C. The fraction of sp³-hybridized carbons (Fsp3) is 0.231. The molecule has 2 aromatic rings. The van der Waals surface area contributed by atoms with Crippen molar-refractivity contribution in [1.82, 2.24) is 4.98 Å². The summed E-state index contributed by atoms with van der Waals surface area (Å²) < 4.78 is 18.2. The molecule has 0 fully saturated rings. The third kappa shape index (κ3) is 2.48. The van der Waals surface area contributed by atoms with E-state index >= 15 is 0 Å². The summed E-state index contributed by atoms with van der Waals surface area (Å²) in [5.41, 5.74) is 1.41. The maximum absolute atomic E-state index is 12.8. The molecule has 1 aromatic carbocycles. The molecule has 0 unspecified atom stereocenters. The lowest BCUT2D eigenvalue weighted by Crippen LogP contribution is -2.15. The Balaban J connectivity index is 2.20. The first-order valence-corrected chi connectivity index (χ1v) is 5.46. The van der Waals surface area contributed by atoms with Crippen LogP contribution >= 0.6 is 0 Å². The summed E-state index contributed by atoms with van der Waals surface area (Å²) in [6.45, 7) is 3.90. The van der Waals surface area contributed by atoms with E-state index in [4.69, 9.17) is 9.68 Å². The second kappa shape index (κ2) is 4.88. The molecule has 0 aliphatic carbocycles. The normalized spacial score (nSPS) is 10.1. The molecule has 92 valence electrons. The van der Waals surface area contributed by atoms with Gasteiger partial charge in [-0.15, -0.1) is 0 Å². The molecule has 0 N–H and O–H groups in total. The van der Waals surface area contributed by atoms with Crippen LogP contribution in [0.5, 0.6) is 0 Å². The Bertz CT molecular complexity index is 564. The minimum Gasteiger partial charge on any atom is -0.444 e. The zero-order valence-electron chi connectivity index (χ0n) is 10.1. The quantitative estimate of drug-likeness (QED) is 0.616. The monoisotopic (exact) mass is 245 g/mol. The van der Waals surface area contributed by atoms with E-state index in [1.807, 2.05) is 20.0 Å². The van der Waals surface area contributed by atoms with Gasteiger partial charge < -0.3 is 4.42 Å². The molecule has 0 saturated heterocycles. The number of aryl methyl sites for hydroxylation is 2. The van der Waals surface area contributed by atoms with Crippen molar-refractivity contribution in [2.45, 2.75) is 20.4 Å². The van der Waals surface area contributed by atoms with Crippen LogP contribution in [0, 0.1) is 31.1 Å². The Hall–Kier alpha value is -2.35. The fourth-order valence-corrected chi connectivity index (χ4v) is 1.55. The highest BCUT2D eigenvalue weighted by atomic mass is 19.1. The van der Waals surface area contributed by atoms with Gasteiger partial charge in [-0.1, -0.05) is 0 Å². The number of benzene rings is 1. The van der Waals surface area contributed by atoms with E-state index in [0.29, 0.717) is 11.6 Å². The number of rotatable bonds is 3. The summed E-state index contributed by atoms with van der Waals surface area (Å²) in [7, 11) is 0. The van der Waals surface area contributed by atoms with Crippen LogP contribution in [0.25, 0.3) is 0 Å². The highest BCUT2D eigenvalue weighted by Crippen LogP contribution is 2.18. The summed E-state index contributed by atoms with van der Waals surface area (Å²) in [5, 5.41) is 9.10. The first kappa shape index (κ1) is 12.1. The Morgan fingerprint density at radius 1 is 1.33 bits per heavy atom. The molecule has 1 heterocycles. The van der Waals surface area contributed by atoms with Crippen LogP contribution in [-0.4, -0.2) is 4.98 Å². The van der Waals surface area contributed by atoms with Crippen molar-refractivity contribution in [3.05, 3.63) is 47.4 Å². The molecular weight excluding hydrogens is 233 g/mol. The van der Waals surface area contributed by atoms with Gasteiger partial charge in [0.15, 0.2) is 6.19 Å². The molecule has 0 amide bonds. The van der Waals surface area contributed by atoms with Gasteiger partial charge in [0.05, 0.1) is 11.4 Å². The highest BCUT2D eigenvalue weighted by molar-refractivity contribution is 5.49. The number of hydrogen-bond acceptors (Lipinski definition) is 4. The second-order valence-corrected chi connectivity index (χ2v) is 3.91. The van der Waals surface area contributed by atoms with E-state index in [1.54, 1.807) is 12.1 Å². The van der Waals surface area contributed by atoms with Crippen molar-refractivity contribution < 1.29 is 8.81 Å². The predicted molar refractivity (Wildman–Crippen MR) is 64.2 cm³/mol. The molecule has 0 radical (unpaired) electrons. The Labute approximate surface area is 104 Å². The van der Waals surface area contributed by atoms with E-state index in [2.05, 4.69) is 4.98 Å². The molecule has 4 nitrogen and oxygen atoms in total. The summed E-state index contributed by atoms with van der Waals surface area (Å²) in [6.07, 6.45) is 2.03. The van der Waals surface area contributed by atoms with Crippen LogP contribution in [0.2, 0.25) is 0 Å². The summed E-state index contributed by atoms with van der Waals surface area (Å²) in [4.78, 5) is 5.60. The largest absolute Gasteiger partial charge is 0.444 e. The average Bonchev–Trinajstić information content (AvgIpc) is 2.67. The molecular formula is C13H12FN3O. The fourth-order valence-electron chi connectivity index (χ4n) is 1.55. The first-order chi connectivity index (χ1) is 8.60.